The fraction of sp³-hybridized carbons (Fsp3) is 0.182. The van der Waals surface area contributed by atoms with Gasteiger partial charge in [0.05, 0.1) is 23.6 Å². The number of nitrogens with one attached hydrogen (secondary N) is 1. The van der Waals surface area contributed by atoms with Gasteiger partial charge in [0, 0.05) is 16.4 Å². The summed E-state index contributed by atoms with van der Waals surface area (Å²) >= 11 is 1.83. The molecule has 1 aliphatic rings. The third kappa shape index (κ3) is 3.98. The molecule has 1 aromatic heterocycles. The highest BCUT2D eigenvalue weighted by atomic mass is 32.2. The number of methoxy groups -OCH3 is 1. The van der Waals surface area contributed by atoms with Crippen molar-refractivity contribution >= 4 is 40.8 Å². The Morgan fingerprint density at radius 1 is 1.03 bits per heavy atom. The number of carbonyl (C=O) groups is 3. The highest BCUT2D eigenvalue weighted by molar-refractivity contribution is 8.00. The maximum absolute atomic E-state index is 13.5. The number of benzene rings is 2. The summed E-state index contributed by atoms with van der Waals surface area (Å²) in [7, 11) is 1.26. The molecule has 0 radical (unpaired) electrons. The van der Waals surface area contributed by atoms with Gasteiger partial charge in [-0.25, -0.2) is 9.18 Å². The topological polar surface area (TPSA) is 114 Å². The molecule has 0 spiro atoms. The van der Waals surface area contributed by atoms with Crippen molar-refractivity contribution in [3.05, 3.63) is 85.6 Å². The average Bonchev–Trinajstić information content (AvgIpc) is 3.17. The Labute approximate surface area is 189 Å². The standard InChI is InChI=1S/C22H16FNO6S2/c1-30-21(28)12-4-2-10(3-5-12)14-15(16(25)11-6-8-13(23)9-7-11)18(20(26)27)31-19-17(14)32-22(29)24-19/h2-9,14-15,18H,1H3,(H,24,29)(H,26,27)/t14-,15+,18-/m0/s1. The molecule has 10 heteroatoms. The van der Waals surface area contributed by atoms with Crippen molar-refractivity contribution in [2.75, 3.05) is 7.11 Å². The molecule has 0 saturated carbocycles. The summed E-state index contributed by atoms with van der Waals surface area (Å²) in [5.41, 5.74) is 1.03. The maximum Gasteiger partial charge on any atom is 0.337 e. The highest BCUT2D eigenvalue weighted by Crippen LogP contribution is 2.50. The number of thioether (sulfide) groups is 1. The Bertz CT molecular complexity index is 1250. The Morgan fingerprint density at radius 3 is 2.25 bits per heavy atom. The van der Waals surface area contributed by atoms with Crippen LogP contribution in [0.3, 0.4) is 0 Å². The third-order valence-electron chi connectivity index (χ3n) is 5.22. The van der Waals surface area contributed by atoms with Gasteiger partial charge in [0.15, 0.2) is 5.78 Å². The molecule has 0 unspecified atom stereocenters. The molecule has 3 aromatic rings. The number of carbonyl (C=O) groups excluding carboxylic acids is 2. The first kappa shape index (κ1) is 22.0. The van der Waals surface area contributed by atoms with Crippen molar-refractivity contribution in [3.63, 3.8) is 0 Å². The summed E-state index contributed by atoms with van der Waals surface area (Å²) < 4.78 is 18.1. The molecule has 1 aliphatic heterocycles. The second-order valence-corrected chi connectivity index (χ2v) is 9.24. The number of aromatic nitrogens is 1. The predicted molar refractivity (Wildman–Crippen MR) is 116 cm³/mol. The number of fused-ring (bicyclic) bond motifs is 1. The number of hydrogen-bond donors (Lipinski definition) is 2. The predicted octanol–water partition coefficient (Wildman–Crippen LogP) is 3.55. The van der Waals surface area contributed by atoms with E-state index in [9.17, 15) is 28.7 Å². The number of H-pyrrole nitrogens is 1. The maximum atomic E-state index is 13.5. The fourth-order valence-electron chi connectivity index (χ4n) is 3.76. The molecule has 164 valence electrons. The van der Waals surface area contributed by atoms with Crippen LogP contribution in [-0.2, 0) is 9.53 Å². The summed E-state index contributed by atoms with van der Waals surface area (Å²) in [5, 5.41) is 9.13. The molecule has 4 rings (SSSR count). The van der Waals surface area contributed by atoms with Gasteiger partial charge in [-0.2, -0.15) is 0 Å². The van der Waals surface area contributed by atoms with E-state index >= 15 is 0 Å². The number of ether oxygens (including phenoxy) is 1. The van der Waals surface area contributed by atoms with Crippen molar-refractivity contribution < 1.29 is 28.6 Å². The first-order valence-electron chi connectivity index (χ1n) is 9.40. The van der Waals surface area contributed by atoms with Gasteiger partial charge in [-0.15, -0.1) is 0 Å². The first-order chi connectivity index (χ1) is 15.3. The Hall–Kier alpha value is -3.24. The van der Waals surface area contributed by atoms with Gasteiger partial charge in [0.1, 0.15) is 11.1 Å². The van der Waals surface area contributed by atoms with Crippen molar-refractivity contribution in [1.29, 1.82) is 0 Å². The van der Waals surface area contributed by atoms with Gasteiger partial charge in [0.25, 0.3) is 0 Å². The minimum absolute atomic E-state index is 0.172. The number of esters is 1. The van der Waals surface area contributed by atoms with Crippen LogP contribution in [0.5, 0.6) is 0 Å². The summed E-state index contributed by atoms with van der Waals surface area (Å²) in [6, 6.07) is 11.2. The molecule has 0 aliphatic carbocycles. The SMILES string of the molecule is COC(=O)c1ccc([C@@H]2c3sc(=O)[nH]c3S[C@H](C(=O)O)[C@H]2C(=O)c2ccc(F)cc2)cc1. The average molecular weight is 474 g/mol. The largest absolute Gasteiger partial charge is 0.480 e. The summed E-state index contributed by atoms with van der Waals surface area (Å²) in [6.07, 6.45) is 0. The van der Waals surface area contributed by atoms with Gasteiger partial charge in [0.2, 0.25) is 0 Å². The third-order valence-corrected chi connectivity index (χ3v) is 7.62. The van der Waals surface area contributed by atoms with Crippen molar-refractivity contribution in [2.45, 2.75) is 16.2 Å². The lowest BCUT2D eigenvalue weighted by Crippen LogP contribution is -2.39. The number of hydrogen-bond acceptors (Lipinski definition) is 7. The number of carboxylic acids is 1. The van der Waals surface area contributed by atoms with Gasteiger partial charge in [-0.3, -0.25) is 14.4 Å². The molecule has 0 saturated heterocycles. The number of rotatable bonds is 5. The van der Waals surface area contributed by atoms with E-state index in [0.717, 1.165) is 35.2 Å². The van der Waals surface area contributed by atoms with E-state index in [1.807, 2.05) is 0 Å². The first-order valence-corrected chi connectivity index (χ1v) is 11.1. The monoisotopic (exact) mass is 473 g/mol. The van der Waals surface area contributed by atoms with Crippen LogP contribution in [0.1, 0.15) is 37.1 Å². The summed E-state index contributed by atoms with van der Waals surface area (Å²) in [5.74, 6) is -4.55. The zero-order chi connectivity index (χ0) is 23.0. The lowest BCUT2D eigenvalue weighted by molar-refractivity contribution is -0.137. The van der Waals surface area contributed by atoms with Crippen LogP contribution in [0.15, 0.2) is 58.4 Å². The minimum Gasteiger partial charge on any atom is -0.480 e. The van der Waals surface area contributed by atoms with Crippen LogP contribution in [0.25, 0.3) is 0 Å². The molecule has 0 fully saturated rings. The molecule has 7 nitrogen and oxygen atoms in total. The van der Waals surface area contributed by atoms with Crippen molar-refractivity contribution in [1.82, 2.24) is 4.98 Å². The molecule has 2 heterocycles. The van der Waals surface area contributed by atoms with Crippen LogP contribution < -0.4 is 4.87 Å². The van der Waals surface area contributed by atoms with Gasteiger partial charge < -0.3 is 14.8 Å². The van der Waals surface area contributed by atoms with Crippen LogP contribution in [-0.4, -0.2) is 40.2 Å². The normalized spacial score (nSPS) is 19.8. The van der Waals surface area contributed by atoms with Crippen LogP contribution in [0, 0.1) is 11.7 Å². The van der Waals surface area contributed by atoms with Gasteiger partial charge in [-0.05, 0) is 42.0 Å². The quantitative estimate of drug-likeness (QED) is 0.430. The van der Waals surface area contributed by atoms with Crippen molar-refractivity contribution in [3.8, 4) is 0 Å². The number of Topliss-reactive ketones (excluding diaryl/α,β-unsaturated/α-hetero) is 1. The molecule has 3 atom stereocenters. The summed E-state index contributed by atoms with van der Waals surface area (Å²) in [6.45, 7) is 0. The molecule has 0 bridgehead atoms. The molecular formula is C22H16FNO6S2. The number of aromatic amines is 1. The number of ketones is 1. The van der Waals surface area contributed by atoms with E-state index in [1.54, 1.807) is 12.1 Å². The Balaban J connectivity index is 1.87. The van der Waals surface area contributed by atoms with E-state index in [2.05, 4.69) is 4.98 Å². The molecule has 0 amide bonds. The molecule has 2 aromatic carbocycles. The molecule has 2 N–H and O–H groups in total. The Kier molecular flexibility index (Phi) is 5.98. The smallest absolute Gasteiger partial charge is 0.337 e. The second kappa shape index (κ2) is 8.71. The number of thiazole rings is 1. The van der Waals surface area contributed by atoms with E-state index in [1.165, 1.54) is 31.4 Å². The molecular weight excluding hydrogens is 457 g/mol. The number of halogens is 1. The van der Waals surface area contributed by atoms with Gasteiger partial charge >= 0.3 is 16.8 Å². The summed E-state index contributed by atoms with van der Waals surface area (Å²) in [4.78, 5) is 52.4. The Morgan fingerprint density at radius 2 is 1.66 bits per heavy atom. The zero-order valence-corrected chi connectivity index (χ0v) is 18.2. The second-order valence-electron chi connectivity index (χ2n) is 7.07. The van der Waals surface area contributed by atoms with E-state index < -0.39 is 40.6 Å². The zero-order valence-electron chi connectivity index (χ0n) is 16.5. The van der Waals surface area contributed by atoms with E-state index in [-0.39, 0.29) is 10.4 Å². The number of carboxylic acid groups (broad SMARTS) is 1. The van der Waals surface area contributed by atoms with Gasteiger partial charge in [-0.1, -0.05) is 35.2 Å². The molecule has 32 heavy (non-hydrogen) atoms. The number of aliphatic carboxylic acids is 1. The lowest BCUT2D eigenvalue weighted by atomic mass is 9.77. The highest BCUT2D eigenvalue weighted by Gasteiger charge is 2.47. The van der Waals surface area contributed by atoms with Crippen molar-refractivity contribution in [2.24, 2.45) is 5.92 Å². The minimum atomic E-state index is -1.20. The van der Waals surface area contributed by atoms with E-state index in [4.69, 9.17) is 4.74 Å². The van der Waals surface area contributed by atoms with Crippen LogP contribution in [0.2, 0.25) is 0 Å². The lowest BCUT2D eigenvalue weighted by Gasteiger charge is -2.34. The van der Waals surface area contributed by atoms with Crippen LogP contribution in [0.4, 0.5) is 4.39 Å². The fourth-order valence-corrected chi connectivity index (χ4v) is 6.18. The van der Waals surface area contributed by atoms with Crippen LogP contribution >= 0.6 is 23.1 Å². The van der Waals surface area contributed by atoms with E-state index in [0.29, 0.717) is 21.0 Å².